The second kappa shape index (κ2) is 9.14. The average Bonchev–Trinajstić information content (AvgIpc) is 3.42. The minimum atomic E-state index is -0.787. The number of carbonyl (C=O) groups is 1. The number of carbonyl (C=O) groups excluding carboxylic acids is 1. The fourth-order valence-corrected chi connectivity index (χ4v) is 4.28. The summed E-state index contributed by atoms with van der Waals surface area (Å²) in [7, 11) is 3.09. The van der Waals surface area contributed by atoms with Crippen LogP contribution in [0.2, 0.25) is 0 Å². The zero-order valence-corrected chi connectivity index (χ0v) is 19.8. The number of hydrogen-bond donors (Lipinski definition) is 1. The van der Waals surface area contributed by atoms with Crippen molar-refractivity contribution >= 4 is 23.6 Å². The molecule has 0 saturated heterocycles. The molecule has 5 rings (SSSR count). The summed E-state index contributed by atoms with van der Waals surface area (Å²) >= 11 is 0. The molecular formula is C26H23N3O7. The van der Waals surface area contributed by atoms with Crippen molar-refractivity contribution < 1.29 is 27.8 Å². The number of anilines is 1. The second-order valence-corrected chi connectivity index (χ2v) is 7.92. The summed E-state index contributed by atoms with van der Waals surface area (Å²) in [5.41, 5.74) is 7.01. The number of fused-ring (bicyclic) bond motifs is 3. The maximum atomic E-state index is 13.3. The molecule has 4 aromatic rings. The number of esters is 1. The van der Waals surface area contributed by atoms with E-state index in [9.17, 15) is 9.59 Å². The standard InChI is InChI=1S/C26H23N3O7/c1-4-34-25(31)20-19(15-8-6-10-17(13-15)33-3)21-23(36-26(27)28-21)29-18(24(30)35-22(20)29)12-14-7-5-9-16(11-14)32-2/h5-13,19H,4H2,1-3H3,(H2,27,28)/b18-12+. The summed E-state index contributed by atoms with van der Waals surface area (Å²) < 4.78 is 28.9. The lowest BCUT2D eigenvalue weighted by Gasteiger charge is -2.22. The summed E-state index contributed by atoms with van der Waals surface area (Å²) in [5.74, 6) is -0.0926. The van der Waals surface area contributed by atoms with Gasteiger partial charge in [-0.2, -0.15) is 4.98 Å². The van der Waals surface area contributed by atoms with Crippen LogP contribution in [0.15, 0.2) is 62.2 Å². The van der Waals surface area contributed by atoms with Gasteiger partial charge in [0.1, 0.15) is 28.1 Å². The van der Waals surface area contributed by atoms with Crippen molar-refractivity contribution in [2.75, 3.05) is 26.6 Å². The Morgan fingerprint density at radius 1 is 1.11 bits per heavy atom. The molecule has 0 spiro atoms. The predicted molar refractivity (Wildman–Crippen MR) is 129 cm³/mol. The monoisotopic (exact) mass is 489 g/mol. The molecule has 2 aromatic heterocycles. The molecule has 2 N–H and O–H groups in total. The van der Waals surface area contributed by atoms with E-state index in [2.05, 4.69) is 4.98 Å². The third-order valence-corrected chi connectivity index (χ3v) is 5.81. The SMILES string of the molecule is CCOC(=O)C1=c2oc(=O)/c(=C\c3cccc(OC)c3)n2-c2oc(N)nc2C1c1cccc(OC)c1. The first-order valence-electron chi connectivity index (χ1n) is 11.1. The first-order valence-corrected chi connectivity index (χ1v) is 11.1. The van der Waals surface area contributed by atoms with Crippen LogP contribution in [0.1, 0.15) is 29.7 Å². The van der Waals surface area contributed by atoms with Crippen LogP contribution in [-0.2, 0) is 9.53 Å². The van der Waals surface area contributed by atoms with Gasteiger partial charge in [0.25, 0.3) is 6.01 Å². The quantitative estimate of drug-likeness (QED) is 0.402. The molecule has 0 amide bonds. The number of rotatable bonds is 6. The van der Waals surface area contributed by atoms with Crippen molar-refractivity contribution in [3.05, 3.63) is 86.7 Å². The minimum Gasteiger partial charge on any atom is -0.497 e. The Balaban J connectivity index is 1.88. The molecule has 0 bridgehead atoms. The smallest absolute Gasteiger partial charge is 0.362 e. The minimum absolute atomic E-state index is 0.0240. The van der Waals surface area contributed by atoms with Gasteiger partial charge >= 0.3 is 11.6 Å². The molecule has 1 aliphatic heterocycles. The van der Waals surface area contributed by atoms with E-state index in [-0.39, 0.29) is 35.0 Å². The van der Waals surface area contributed by atoms with Gasteiger partial charge in [-0.25, -0.2) is 14.2 Å². The lowest BCUT2D eigenvalue weighted by atomic mass is 9.87. The van der Waals surface area contributed by atoms with Gasteiger partial charge in [0.05, 0.1) is 26.7 Å². The number of ether oxygens (including phenoxy) is 3. The molecule has 0 saturated carbocycles. The van der Waals surface area contributed by atoms with Crippen LogP contribution in [0.3, 0.4) is 0 Å². The Morgan fingerprint density at radius 3 is 2.56 bits per heavy atom. The van der Waals surface area contributed by atoms with Crippen molar-refractivity contribution in [1.82, 2.24) is 9.55 Å². The van der Waals surface area contributed by atoms with E-state index >= 15 is 0 Å². The Hall–Kier alpha value is -4.73. The van der Waals surface area contributed by atoms with Gasteiger partial charge in [0.15, 0.2) is 0 Å². The van der Waals surface area contributed by atoms with Crippen molar-refractivity contribution in [1.29, 1.82) is 0 Å². The molecular weight excluding hydrogens is 466 g/mol. The third-order valence-electron chi connectivity index (χ3n) is 5.81. The molecule has 1 unspecified atom stereocenters. The number of aromatic nitrogens is 2. The molecule has 1 aliphatic rings. The van der Waals surface area contributed by atoms with Gasteiger partial charge in [0.2, 0.25) is 11.4 Å². The van der Waals surface area contributed by atoms with Gasteiger partial charge in [0, 0.05) is 0 Å². The van der Waals surface area contributed by atoms with E-state index < -0.39 is 17.5 Å². The van der Waals surface area contributed by atoms with Crippen LogP contribution in [-0.4, -0.2) is 36.3 Å². The number of hydrogen-bond acceptors (Lipinski definition) is 9. The summed E-state index contributed by atoms with van der Waals surface area (Å²) in [4.78, 5) is 30.8. The molecule has 0 radical (unpaired) electrons. The first-order chi connectivity index (χ1) is 17.4. The maximum Gasteiger partial charge on any atom is 0.362 e. The van der Waals surface area contributed by atoms with Crippen LogP contribution in [0.25, 0.3) is 17.5 Å². The largest absolute Gasteiger partial charge is 0.497 e. The molecule has 0 aliphatic carbocycles. The molecule has 3 heterocycles. The van der Waals surface area contributed by atoms with Crippen molar-refractivity contribution in [2.24, 2.45) is 0 Å². The van der Waals surface area contributed by atoms with Crippen molar-refractivity contribution in [3.8, 4) is 17.4 Å². The molecule has 2 aromatic carbocycles. The number of oxazole rings is 2. The molecule has 10 nitrogen and oxygen atoms in total. The zero-order valence-electron chi connectivity index (χ0n) is 19.8. The van der Waals surface area contributed by atoms with Crippen LogP contribution in [0, 0.1) is 0 Å². The van der Waals surface area contributed by atoms with E-state index in [0.717, 1.165) is 0 Å². The highest BCUT2D eigenvalue weighted by atomic mass is 16.5. The molecule has 36 heavy (non-hydrogen) atoms. The topological polar surface area (TPSA) is 132 Å². The third kappa shape index (κ3) is 3.82. The number of nitrogens with two attached hydrogens (primary N) is 1. The second-order valence-electron chi connectivity index (χ2n) is 7.92. The van der Waals surface area contributed by atoms with Crippen molar-refractivity contribution in [2.45, 2.75) is 12.8 Å². The fourth-order valence-electron chi connectivity index (χ4n) is 4.28. The van der Waals surface area contributed by atoms with E-state index in [1.165, 1.54) is 4.57 Å². The van der Waals surface area contributed by atoms with Crippen LogP contribution in [0.4, 0.5) is 6.01 Å². The highest BCUT2D eigenvalue weighted by Gasteiger charge is 2.39. The molecule has 1 atom stereocenters. The van der Waals surface area contributed by atoms with E-state index in [1.807, 2.05) is 0 Å². The number of methoxy groups -OCH3 is 2. The number of nitrogen functional groups attached to an aromatic ring is 1. The Labute approximate surface area is 204 Å². The Morgan fingerprint density at radius 2 is 1.83 bits per heavy atom. The number of benzene rings is 2. The lowest BCUT2D eigenvalue weighted by molar-refractivity contribution is -0.136. The molecule has 184 valence electrons. The number of nitrogens with zero attached hydrogens (tertiary/aromatic N) is 2. The molecule has 10 heteroatoms. The van der Waals surface area contributed by atoms with Crippen molar-refractivity contribution in [3.63, 3.8) is 0 Å². The normalized spacial score (nSPS) is 14.8. The van der Waals surface area contributed by atoms with Gasteiger partial charge in [-0.15, -0.1) is 0 Å². The van der Waals surface area contributed by atoms with Gasteiger partial charge in [-0.1, -0.05) is 24.3 Å². The van der Waals surface area contributed by atoms with E-state index in [1.54, 1.807) is 75.8 Å². The molecule has 0 fully saturated rings. The summed E-state index contributed by atoms with van der Waals surface area (Å²) in [6.45, 7) is 1.81. The van der Waals surface area contributed by atoms with Gasteiger partial charge < -0.3 is 28.8 Å². The fraction of sp³-hybridized carbons (Fsp3) is 0.192. The maximum absolute atomic E-state index is 13.3. The predicted octanol–water partition coefficient (Wildman–Crippen LogP) is 1.71. The van der Waals surface area contributed by atoms with Crippen LogP contribution in [0.5, 0.6) is 11.5 Å². The lowest BCUT2D eigenvalue weighted by Crippen LogP contribution is -2.37. The van der Waals surface area contributed by atoms with Crippen LogP contribution < -0.4 is 31.7 Å². The summed E-state index contributed by atoms with van der Waals surface area (Å²) in [5, 5.41) is 0.113. The van der Waals surface area contributed by atoms with Crippen LogP contribution >= 0.6 is 0 Å². The highest BCUT2D eigenvalue weighted by Crippen LogP contribution is 2.39. The Kier molecular flexibility index (Phi) is 5.85. The summed E-state index contributed by atoms with van der Waals surface area (Å²) in [6, 6.07) is 14.1. The van der Waals surface area contributed by atoms with Gasteiger partial charge in [-0.3, -0.25) is 0 Å². The highest BCUT2D eigenvalue weighted by molar-refractivity contribution is 6.12. The van der Waals surface area contributed by atoms with E-state index in [4.69, 9.17) is 28.8 Å². The summed E-state index contributed by atoms with van der Waals surface area (Å²) in [6.07, 6.45) is 1.61. The Bertz CT molecular complexity index is 1640. The average molecular weight is 489 g/mol. The van der Waals surface area contributed by atoms with E-state index in [0.29, 0.717) is 28.3 Å². The first kappa shape index (κ1) is 23.0. The zero-order chi connectivity index (χ0) is 25.4. The van der Waals surface area contributed by atoms with Gasteiger partial charge in [-0.05, 0) is 48.4 Å².